The Labute approximate surface area is 163 Å². The fourth-order valence-corrected chi connectivity index (χ4v) is 3.42. The van der Waals surface area contributed by atoms with E-state index in [1.807, 2.05) is 12.1 Å². The van der Waals surface area contributed by atoms with Gasteiger partial charge in [0.15, 0.2) is 0 Å². The molecule has 4 nitrogen and oxygen atoms in total. The molecule has 1 aromatic carbocycles. The number of aliphatic imine (C=N–C) groups is 2. The number of nitrogens with one attached hydrogen (secondary N) is 1. The van der Waals surface area contributed by atoms with E-state index in [0.29, 0.717) is 30.2 Å². The standard InChI is InChI=1S/C21H26F3N3O/c1-14(15(2)26-13-21(22,23)24)11-18-7-10-28-20-4-3-17(12-19(20)27-18)16-5-8-25-9-6-16/h3-4,11-12,16,25H,5-10,13H2,1-2H3/b14-11+,26-15?. The van der Waals surface area contributed by atoms with Crippen molar-refractivity contribution in [3.8, 4) is 5.75 Å². The Morgan fingerprint density at radius 3 is 2.75 bits per heavy atom. The van der Waals surface area contributed by atoms with E-state index in [0.717, 1.165) is 43.1 Å². The Bertz CT molecular complexity index is 791. The second-order valence-corrected chi connectivity index (χ2v) is 7.30. The molecule has 0 radical (unpaired) electrons. The van der Waals surface area contributed by atoms with Gasteiger partial charge in [-0.25, -0.2) is 4.99 Å². The molecule has 2 heterocycles. The molecule has 1 fully saturated rings. The van der Waals surface area contributed by atoms with E-state index >= 15 is 0 Å². The summed E-state index contributed by atoms with van der Waals surface area (Å²) in [5.74, 6) is 1.27. The molecule has 0 amide bonds. The third-order valence-corrected chi connectivity index (χ3v) is 5.12. The SMILES string of the molecule is CC(=NCC(F)(F)F)/C(C)=C/C1=Nc2cc(C3CCNCC3)ccc2OCC1. The number of fused-ring (bicyclic) bond motifs is 1. The van der Waals surface area contributed by atoms with E-state index < -0.39 is 12.7 Å². The largest absolute Gasteiger partial charge is 0.491 e. The molecule has 0 bridgehead atoms. The van der Waals surface area contributed by atoms with Crippen molar-refractivity contribution in [2.24, 2.45) is 9.98 Å². The average Bonchev–Trinajstić information content (AvgIpc) is 2.87. The summed E-state index contributed by atoms with van der Waals surface area (Å²) >= 11 is 0. The van der Waals surface area contributed by atoms with Crippen LogP contribution in [-0.4, -0.2) is 43.8 Å². The Morgan fingerprint density at radius 2 is 2.04 bits per heavy atom. The van der Waals surface area contributed by atoms with Gasteiger partial charge in [-0.15, -0.1) is 0 Å². The number of alkyl halides is 3. The summed E-state index contributed by atoms with van der Waals surface area (Å²) in [5.41, 5.74) is 3.89. The fourth-order valence-electron chi connectivity index (χ4n) is 3.42. The lowest BCUT2D eigenvalue weighted by atomic mass is 9.90. The topological polar surface area (TPSA) is 46.0 Å². The first kappa shape index (κ1) is 20.6. The van der Waals surface area contributed by atoms with Crippen LogP contribution in [0.15, 0.2) is 39.8 Å². The van der Waals surface area contributed by atoms with Gasteiger partial charge in [0.2, 0.25) is 0 Å². The van der Waals surface area contributed by atoms with Gasteiger partial charge in [0.1, 0.15) is 18.0 Å². The van der Waals surface area contributed by atoms with Gasteiger partial charge in [0, 0.05) is 17.8 Å². The summed E-state index contributed by atoms with van der Waals surface area (Å²) in [4.78, 5) is 8.38. The second-order valence-electron chi connectivity index (χ2n) is 7.30. The normalized spacial score (nSPS) is 19.5. The van der Waals surface area contributed by atoms with Crippen molar-refractivity contribution in [3.63, 3.8) is 0 Å². The third-order valence-electron chi connectivity index (χ3n) is 5.12. The molecule has 152 valence electrons. The Hall–Kier alpha value is -2.15. The molecule has 0 spiro atoms. The summed E-state index contributed by atoms with van der Waals surface area (Å²) in [7, 11) is 0. The minimum Gasteiger partial charge on any atom is -0.491 e. The number of benzene rings is 1. The fraction of sp³-hybridized carbons (Fsp3) is 0.524. The summed E-state index contributed by atoms with van der Waals surface area (Å²) in [6.07, 6.45) is 0.319. The predicted octanol–water partition coefficient (Wildman–Crippen LogP) is 4.98. The summed E-state index contributed by atoms with van der Waals surface area (Å²) in [5, 5.41) is 3.37. The molecule has 0 atom stereocenters. The number of ether oxygens (including phenoxy) is 1. The van der Waals surface area contributed by atoms with Crippen LogP contribution in [0.1, 0.15) is 44.6 Å². The first-order valence-electron chi connectivity index (χ1n) is 9.63. The Kier molecular flexibility index (Phi) is 6.54. The highest BCUT2D eigenvalue weighted by atomic mass is 19.4. The lowest BCUT2D eigenvalue weighted by molar-refractivity contribution is -0.118. The Balaban J connectivity index is 1.82. The molecule has 1 aromatic rings. The van der Waals surface area contributed by atoms with Crippen LogP contribution in [0.2, 0.25) is 0 Å². The molecule has 28 heavy (non-hydrogen) atoms. The lowest BCUT2D eigenvalue weighted by Crippen LogP contribution is -2.26. The van der Waals surface area contributed by atoms with Gasteiger partial charge >= 0.3 is 6.18 Å². The van der Waals surface area contributed by atoms with E-state index in [4.69, 9.17) is 9.73 Å². The molecule has 0 aliphatic carbocycles. The van der Waals surface area contributed by atoms with E-state index in [-0.39, 0.29) is 0 Å². The van der Waals surface area contributed by atoms with Crippen LogP contribution >= 0.6 is 0 Å². The van der Waals surface area contributed by atoms with Crippen molar-refractivity contribution in [2.75, 3.05) is 26.2 Å². The van der Waals surface area contributed by atoms with Gasteiger partial charge in [-0.3, -0.25) is 4.99 Å². The van der Waals surface area contributed by atoms with Crippen molar-refractivity contribution < 1.29 is 17.9 Å². The van der Waals surface area contributed by atoms with E-state index in [1.54, 1.807) is 13.8 Å². The van der Waals surface area contributed by atoms with Crippen LogP contribution in [-0.2, 0) is 0 Å². The van der Waals surface area contributed by atoms with Crippen molar-refractivity contribution in [2.45, 2.75) is 45.2 Å². The van der Waals surface area contributed by atoms with Crippen LogP contribution in [0.25, 0.3) is 0 Å². The number of allylic oxidation sites excluding steroid dienone is 2. The van der Waals surface area contributed by atoms with Gasteiger partial charge in [-0.2, -0.15) is 13.2 Å². The van der Waals surface area contributed by atoms with Crippen LogP contribution in [0.4, 0.5) is 18.9 Å². The quantitative estimate of drug-likeness (QED) is 0.734. The van der Waals surface area contributed by atoms with Crippen molar-refractivity contribution >= 4 is 17.1 Å². The van der Waals surface area contributed by atoms with Crippen molar-refractivity contribution in [3.05, 3.63) is 35.4 Å². The maximum absolute atomic E-state index is 12.4. The zero-order chi connectivity index (χ0) is 20.1. The highest BCUT2D eigenvalue weighted by Gasteiger charge is 2.26. The first-order chi connectivity index (χ1) is 13.3. The van der Waals surface area contributed by atoms with Crippen molar-refractivity contribution in [1.29, 1.82) is 0 Å². The molecule has 0 aromatic heterocycles. The smallest absolute Gasteiger partial charge is 0.407 e. The number of rotatable bonds is 4. The molecule has 0 saturated carbocycles. The summed E-state index contributed by atoms with van der Waals surface area (Å²) in [6.45, 7) is 4.71. The number of halogens is 3. The molecule has 1 saturated heterocycles. The first-order valence-corrected chi connectivity index (χ1v) is 9.63. The highest BCUT2D eigenvalue weighted by Crippen LogP contribution is 2.35. The van der Waals surface area contributed by atoms with Crippen molar-refractivity contribution in [1.82, 2.24) is 5.32 Å². The molecule has 2 aliphatic heterocycles. The number of nitrogens with zero attached hydrogens (tertiary/aromatic N) is 2. The highest BCUT2D eigenvalue weighted by molar-refractivity contribution is 6.06. The minimum atomic E-state index is -4.29. The van der Waals surface area contributed by atoms with Gasteiger partial charge in [-0.05, 0) is 75.0 Å². The van der Waals surface area contributed by atoms with E-state index in [2.05, 4.69) is 22.4 Å². The van der Waals surface area contributed by atoms with Crippen LogP contribution in [0.3, 0.4) is 0 Å². The van der Waals surface area contributed by atoms with Crippen LogP contribution < -0.4 is 10.1 Å². The molecular formula is C21H26F3N3O. The zero-order valence-electron chi connectivity index (χ0n) is 16.3. The molecule has 7 heteroatoms. The monoisotopic (exact) mass is 393 g/mol. The molecule has 1 N–H and O–H groups in total. The summed E-state index contributed by atoms with van der Waals surface area (Å²) in [6, 6.07) is 6.18. The minimum absolute atomic E-state index is 0.369. The van der Waals surface area contributed by atoms with Gasteiger partial charge in [0.05, 0.1) is 6.61 Å². The number of hydrogen-bond acceptors (Lipinski definition) is 4. The maximum atomic E-state index is 12.4. The lowest BCUT2D eigenvalue weighted by Gasteiger charge is -2.23. The van der Waals surface area contributed by atoms with Crippen LogP contribution in [0, 0.1) is 0 Å². The Morgan fingerprint density at radius 1 is 1.29 bits per heavy atom. The number of hydrogen-bond donors (Lipinski definition) is 1. The second kappa shape index (κ2) is 8.90. The average molecular weight is 393 g/mol. The third kappa shape index (κ3) is 5.67. The molecular weight excluding hydrogens is 367 g/mol. The zero-order valence-corrected chi connectivity index (χ0v) is 16.3. The number of piperidine rings is 1. The molecule has 2 aliphatic rings. The predicted molar refractivity (Wildman–Crippen MR) is 106 cm³/mol. The maximum Gasteiger partial charge on any atom is 0.407 e. The van der Waals surface area contributed by atoms with E-state index in [1.165, 1.54) is 5.56 Å². The van der Waals surface area contributed by atoms with Gasteiger partial charge in [0.25, 0.3) is 0 Å². The molecule has 0 unspecified atom stereocenters. The summed E-state index contributed by atoms with van der Waals surface area (Å²) < 4.78 is 43.0. The van der Waals surface area contributed by atoms with Gasteiger partial charge in [-0.1, -0.05) is 6.07 Å². The molecule has 3 rings (SSSR count). The van der Waals surface area contributed by atoms with Crippen LogP contribution in [0.5, 0.6) is 5.75 Å². The van der Waals surface area contributed by atoms with E-state index in [9.17, 15) is 13.2 Å². The van der Waals surface area contributed by atoms with Gasteiger partial charge < -0.3 is 10.1 Å².